The van der Waals surface area contributed by atoms with E-state index in [2.05, 4.69) is 58.0 Å². The number of carbonyl (C=O) groups is 1. The van der Waals surface area contributed by atoms with Gasteiger partial charge in [0.05, 0.1) is 6.04 Å². The van der Waals surface area contributed by atoms with Gasteiger partial charge < -0.3 is 5.32 Å². The molecule has 2 N–H and O–H groups in total. The van der Waals surface area contributed by atoms with E-state index >= 15 is 0 Å². The zero-order valence-electron chi connectivity index (χ0n) is 14.1. The first-order valence-corrected chi connectivity index (χ1v) is 9.22. The average molecular weight is 334 g/mol. The van der Waals surface area contributed by atoms with Crippen LogP contribution in [0, 0.1) is 0 Å². The Morgan fingerprint density at radius 1 is 1.39 bits per heavy atom. The van der Waals surface area contributed by atoms with Gasteiger partial charge in [-0.05, 0) is 48.0 Å². The van der Waals surface area contributed by atoms with E-state index in [1.165, 1.54) is 5.56 Å². The molecule has 2 aromatic rings. The first-order valence-electron chi connectivity index (χ1n) is 8.28. The third-order valence-corrected chi connectivity index (χ3v) is 4.72. The van der Waals surface area contributed by atoms with Crippen LogP contribution in [0.2, 0.25) is 0 Å². The van der Waals surface area contributed by atoms with Gasteiger partial charge in [0.15, 0.2) is 0 Å². The highest BCUT2D eigenvalue weighted by atomic mass is 32.1. The van der Waals surface area contributed by atoms with Crippen molar-refractivity contribution in [2.24, 2.45) is 0 Å². The third kappa shape index (κ3) is 4.65. The van der Waals surface area contributed by atoms with Gasteiger partial charge in [-0.15, -0.1) is 0 Å². The summed E-state index contributed by atoms with van der Waals surface area (Å²) in [5.41, 5.74) is 2.74. The van der Waals surface area contributed by atoms with Crippen molar-refractivity contribution in [3.05, 3.63) is 39.8 Å². The molecule has 1 atom stereocenters. The van der Waals surface area contributed by atoms with Gasteiger partial charge in [0.1, 0.15) is 5.69 Å². The van der Waals surface area contributed by atoms with E-state index in [1.54, 1.807) is 11.3 Å². The largest absolute Gasteiger partial charge is 0.349 e. The number of nitrogens with zero attached hydrogens (tertiary/aromatic N) is 2. The number of aromatic nitrogens is 2. The standard InChI is InChI=1S/C17H26N4OS/c1-4-7-14-10-15(20-19-14)17(22)18-11-16(21(5-2)6-3)13-8-9-23-12-13/h8-10,12,16H,4-7,11H2,1-3H3,(H,18,22)(H,19,20). The lowest BCUT2D eigenvalue weighted by Crippen LogP contribution is -2.38. The highest BCUT2D eigenvalue weighted by Gasteiger charge is 2.20. The Labute approximate surface area is 142 Å². The summed E-state index contributed by atoms with van der Waals surface area (Å²) in [6, 6.07) is 4.18. The molecule has 6 heteroatoms. The van der Waals surface area contributed by atoms with E-state index in [9.17, 15) is 4.79 Å². The van der Waals surface area contributed by atoms with Gasteiger partial charge >= 0.3 is 0 Å². The summed E-state index contributed by atoms with van der Waals surface area (Å²) in [4.78, 5) is 14.7. The Bertz CT molecular complexity index is 590. The quantitative estimate of drug-likeness (QED) is 0.740. The minimum absolute atomic E-state index is 0.115. The van der Waals surface area contributed by atoms with E-state index in [-0.39, 0.29) is 11.9 Å². The van der Waals surface area contributed by atoms with Gasteiger partial charge in [0.2, 0.25) is 0 Å². The summed E-state index contributed by atoms with van der Waals surface area (Å²) >= 11 is 1.69. The lowest BCUT2D eigenvalue weighted by Gasteiger charge is -2.29. The van der Waals surface area contributed by atoms with E-state index in [1.807, 2.05) is 6.07 Å². The molecule has 2 aromatic heterocycles. The maximum atomic E-state index is 12.3. The monoisotopic (exact) mass is 334 g/mol. The molecular formula is C17H26N4OS. The zero-order valence-corrected chi connectivity index (χ0v) is 14.9. The Balaban J connectivity index is 2.01. The van der Waals surface area contributed by atoms with Gasteiger partial charge in [-0.2, -0.15) is 16.4 Å². The van der Waals surface area contributed by atoms with Crippen LogP contribution in [-0.2, 0) is 6.42 Å². The lowest BCUT2D eigenvalue weighted by atomic mass is 10.1. The maximum Gasteiger partial charge on any atom is 0.271 e. The molecule has 0 aliphatic carbocycles. The fourth-order valence-electron chi connectivity index (χ4n) is 2.74. The fraction of sp³-hybridized carbons (Fsp3) is 0.529. The van der Waals surface area contributed by atoms with Gasteiger partial charge in [-0.25, -0.2) is 0 Å². The minimum Gasteiger partial charge on any atom is -0.349 e. The number of rotatable bonds is 9. The molecule has 0 bridgehead atoms. The smallest absolute Gasteiger partial charge is 0.271 e. The van der Waals surface area contributed by atoms with Crippen LogP contribution < -0.4 is 5.32 Å². The summed E-state index contributed by atoms with van der Waals surface area (Å²) in [5, 5.41) is 14.3. The van der Waals surface area contributed by atoms with Gasteiger partial charge in [-0.3, -0.25) is 14.8 Å². The molecule has 5 nitrogen and oxygen atoms in total. The first kappa shape index (κ1) is 17.7. The van der Waals surface area contributed by atoms with Gasteiger partial charge in [0.25, 0.3) is 5.91 Å². The number of nitrogens with one attached hydrogen (secondary N) is 2. The number of amides is 1. The number of H-pyrrole nitrogens is 1. The van der Waals surface area contributed by atoms with Crippen molar-refractivity contribution in [2.45, 2.75) is 39.7 Å². The van der Waals surface area contributed by atoms with Crippen LogP contribution in [0.1, 0.15) is 55.0 Å². The van der Waals surface area contributed by atoms with Crippen LogP contribution in [-0.4, -0.2) is 40.6 Å². The SMILES string of the molecule is CCCc1cc(C(=O)NCC(c2ccsc2)N(CC)CC)n[nH]1. The molecule has 0 radical (unpaired) electrons. The normalized spacial score (nSPS) is 12.5. The number of carbonyl (C=O) groups excluding carboxylic acids is 1. The van der Waals surface area contributed by atoms with Crippen molar-refractivity contribution in [1.29, 1.82) is 0 Å². The molecule has 1 unspecified atom stereocenters. The second-order valence-electron chi connectivity index (χ2n) is 5.53. The van der Waals surface area contributed by atoms with Gasteiger partial charge in [0, 0.05) is 12.2 Å². The summed E-state index contributed by atoms with van der Waals surface area (Å²) in [7, 11) is 0. The average Bonchev–Trinajstić information content (AvgIpc) is 3.23. The van der Waals surface area contributed by atoms with Crippen molar-refractivity contribution >= 4 is 17.2 Å². The Morgan fingerprint density at radius 2 is 2.17 bits per heavy atom. The van der Waals surface area contributed by atoms with Crippen molar-refractivity contribution in [1.82, 2.24) is 20.4 Å². The molecule has 0 fully saturated rings. The van der Waals surface area contributed by atoms with E-state index in [0.717, 1.165) is 31.6 Å². The highest BCUT2D eigenvalue weighted by molar-refractivity contribution is 7.07. The second-order valence-corrected chi connectivity index (χ2v) is 6.31. The summed E-state index contributed by atoms with van der Waals surface area (Å²) in [6.07, 6.45) is 1.95. The summed E-state index contributed by atoms with van der Waals surface area (Å²) < 4.78 is 0. The first-order chi connectivity index (χ1) is 11.2. The van der Waals surface area contributed by atoms with Crippen molar-refractivity contribution in [3.63, 3.8) is 0 Å². The molecule has 0 saturated carbocycles. The number of hydrogen-bond acceptors (Lipinski definition) is 4. The maximum absolute atomic E-state index is 12.3. The zero-order chi connectivity index (χ0) is 16.7. The number of aryl methyl sites for hydroxylation is 1. The highest BCUT2D eigenvalue weighted by Crippen LogP contribution is 2.22. The topological polar surface area (TPSA) is 61.0 Å². The summed E-state index contributed by atoms with van der Waals surface area (Å²) in [6.45, 7) is 8.90. The molecule has 0 aliphatic heterocycles. The van der Waals surface area contributed by atoms with Gasteiger partial charge in [-0.1, -0.05) is 27.2 Å². The second kappa shape index (κ2) is 8.84. The Hall–Kier alpha value is -1.66. The minimum atomic E-state index is -0.115. The van der Waals surface area contributed by atoms with Crippen LogP contribution >= 0.6 is 11.3 Å². The molecule has 2 heterocycles. The molecule has 1 amide bonds. The Morgan fingerprint density at radius 3 is 2.78 bits per heavy atom. The number of aromatic amines is 1. The van der Waals surface area contributed by atoms with Crippen molar-refractivity contribution < 1.29 is 4.79 Å². The van der Waals surface area contributed by atoms with Crippen LogP contribution in [0.4, 0.5) is 0 Å². The number of thiophene rings is 1. The molecule has 0 aliphatic rings. The van der Waals surface area contributed by atoms with Crippen LogP contribution in [0.25, 0.3) is 0 Å². The van der Waals surface area contributed by atoms with Crippen LogP contribution in [0.15, 0.2) is 22.9 Å². The molecule has 0 aromatic carbocycles. The molecule has 0 saturated heterocycles. The molecular weight excluding hydrogens is 308 g/mol. The molecule has 126 valence electrons. The molecule has 0 spiro atoms. The van der Waals surface area contributed by atoms with Crippen LogP contribution in [0.3, 0.4) is 0 Å². The number of hydrogen-bond donors (Lipinski definition) is 2. The Kier molecular flexibility index (Phi) is 6.80. The molecule has 23 heavy (non-hydrogen) atoms. The van der Waals surface area contributed by atoms with E-state index in [4.69, 9.17) is 0 Å². The van der Waals surface area contributed by atoms with Crippen molar-refractivity contribution in [2.75, 3.05) is 19.6 Å². The van der Waals surface area contributed by atoms with Crippen LogP contribution in [0.5, 0.6) is 0 Å². The predicted molar refractivity (Wildman–Crippen MR) is 94.9 cm³/mol. The van der Waals surface area contributed by atoms with Crippen molar-refractivity contribution in [3.8, 4) is 0 Å². The molecule has 2 rings (SSSR count). The third-order valence-electron chi connectivity index (χ3n) is 4.02. The van der Waals surface area contributed by atoms with E-state index in [0.29, 0.717) is 12.2 Å². The lowest BCUT2D eigenvalue weighted by molar-refractivity contribution is 0.0930. The predicted octanol–water partition coefficient (Wildman–Crippen LogP) is 3.24. The number of likely N-dealkylation sites (N-methyl/N-ethyl adjacent to an activating group) is 1. The summed E-state index contributed by atoms with van der Waals surface area (Å²) in [5.74, 6) is -0.115. The fourth-order valence-corrected chi connectivity index (χ4v) is 3.45. The van der Waals surface area contributed by atoms with E-state index < -0.39 is 0 Å².